The minimum atomic E-state index is 0.882. The average Bonchev–Trinajstić information content (AvgIpc) is 2.06. The first-order valence-corrected chi connectivity index (χ1v) is 4.85. The molecule has 0 aliphatic carbocycles. The summed E-state index contributed by atoms with van der Waals surface area (Å²) < 4.78 is 0. The van der Waals surface area contributed by atoms with Gasteiger partial charge in [0.2, 0.25) is 0 Å². The number of piperidine rings is 1. The Labute approximate surface area is 75.4 Å². The van der Waals surface area contributed by atoms with Crippen LogP contribution in [-0.2, 0) is 0 Å². The molecule has 12 heavy (non-hydrogen) atoms. The molecule has 1 aliphatic heterocycles. The molecule has 0 atom stereocenters. The van der Waals surface area contributed by atoms with Crippen LogP contribution in [0.5, 0.6) is 0 Å². The van der Waals surface area contributed by atoms with E-state index >= 15 is 0 Å². The minimum Gasteiger partial charge on any atom is -0.317 e. The molecule has 1 aliphatic rings. The van der Waals surface area contributed by atoms with Crippen molar-refractivity contribution < 1.29 is 0 Å². The second-order valence-electron chi connectivity index (χ2n) is 3.68. The zero-order valence-corrected chi connectivity index (χ0v) is 8.03. The predicted molar refractivity (Wildman–Crippen MR) is 53.3 cm³/mol. The summed E-state index contributed by atoms with van der Waals surface area (Å²) in [6.45, 7) is 7.42. The maximum Gasteiger partial charge on any atom is 0.0159 e. The predicted octanol–water partition coefficient (Wildman–Crippen LogP) is 1.15. The molecule has 1 fully saturated rings. The van der Waals surface area contributed by atoms with E-state index in [1.54, 1.807) is 0 Å². The first-order valence-electron chi connectivity index (χ1n) is 4.85. The van der Waals surface area contributed by atoms with Crippen molar-refractivity contribution in [2.24, 2.45) is 5.92 Å². The van der Waals surface area contributed by atoms with E-state index in [-0.39, 0.29) is 0 Å². The molecule has 0 spiro atoms. The van der Waals surface area contributed by atoms with Crippen molar-refractivity contribution in [1.29, 1.82) is 0 Å². The van der Waals surface area contributed by atoms with Gasteiger partial charge in [-0.25, -0.2) is 0 Å². The zero-order chi connectivity index (χ0) is 8.81. The summed E-state index contributed by atoms with van der Waals surface area (Å²) in [5.41, 5.74) is 1.35. The van der Waals surface area contributed by atoms with E-state index in [1.807, 2.05) is 7.05 Å². The van der Waals surface area contributed by atoms with Crippen LogP contribution < -0.4 is 10.6 Å². The summed E-state index contributed by atoms with van der Waals surface area (Å²) in [4.78, 5) is 0. The van der Waals surface area contributed by atoms with E-state index in [4.69, 9.17) is 0 Å². The van der Waals surface area contributed by atoms with E-state index in [1.165, 1.54) is 37.9 Å². The molecule has 0 radical (unpaired) electrons. The Morgan fingerprint density at radius 1 is 1.50 bits per heavy atom. The van der Waals surface area contributed by atoms with Crippen molar-refractivity contribution in [2.75, 3.05) is 26.7 Å². The molecular weight excluding hydrogens is 148 g/mol. The topological polar surface area (TPSA) is 24.1 Å². The van der Waals surface area contributed by atoms with E-state index in [0.717, 1.165) is 12.5 Å². The quantitative estimate of drug-likeness (QED) is 0.615. The Kier molecular flexibility index (Phi) is 4.33. The fraction of sp³-hybridized carbons (Fsp3) is 0.800. The van der Waals surface area contributed by atoms with Crippen molar-refractivity contribution in [2.45, 2.75) is 19.3 Å². The second-order valence-corrected chi connectivity index (χ2v) is 3.68. The smallest absolute Gasteiger partial charge is 0.0159 e. The van der Waals surface area contributed by atoms with E-state index < -0.39 is 0 Å². The molecule has 2 nitrogen and oxygen atoms in total. The maximum atomic E-state index is 4.06. The third kappa shape index (κ3) is 3.37. The molecule has 1 rings (SSSR count). The van der Waals surface area contributed by atoms with Crippen LogP contribution in [0.2, 0.25) is 0 Å². The fourth-order valence-electron chi connectivity index (χ4n) is 1.82. The molecule has 1 saturated heterocycles. The summed E-state index contributed by atoms with van der Waals surface area (Å²) in [5, 5.41) is 6.52. The van der Waals surface area contributed by atoms with Crippen LogP contribution in [0.3, 0.4) is 0 Å². The highest BCUT2D eigenvalue weighted by Crippen LogP contribution is 2.19. The summed E-state index contributed by atoms with van der Waals surface area (Å²) in [6, 6.07) is 0. The number of hydrogen-bond donors (Lipinski definition) is 2. The van der Waals surface area contributed by atoms with Crippen LogP contribution in [0, 0.1) is 5.92 Å². The monoisotopic (exact) mass is 168 g/mol. The molecule has 0 bridgehead atoms. The first-order chi connectivity index (χ1) is 5.83. The lowest BCUT2D eigenvalue weighted by molar-refractivity contribution is 0.370. The second kappa shape index (κ2) is 5.33. The first kappa shape index (κ1) is 9.75. The lowest BCUT2D eigenvalue weighted by atomic mass is 9.91. The van der Waals surface area contributed by atoms with Gasteiger partial charge >= 0.3 is 0 Å². The molecule has 0 amide bonds. The van der Waals surface area contributed by atoms with Gasteiger partial charge in [0.25, 0.3) is 0 Å². The molecule has 0 unspecified atom stereocenters. The highest BCUT2D eigenvalue weighted by molar-refractivity contribution is 4.98. The third-order valence-corrected chi connectivity index (χ3v) is 2.46. The van der Waals surface area contributed by atoms with Crippen LogP contribution in [-0.4, -0.2) is 26.7 Å². The Hall–Kier alpha value is -0.340. The van der Waals surface area contributed by atoms with Crippen LogP contribution in [0.25, 0.3) is 0 Å². The van der Waals surface area contributed by atoms with E-state index in [2.05, 4.69) is 17.2 Å². The number of rotatable bonds is 4. The lowest BCUT2D eigenvalue weighted by Gasteiger charge is -2.23. The molecule has 2 heteroatoms. The molecule has 1 heterocycles. The molecular formula is C10H20N2. The van der Waals surface area contributed by atoms with Crippen molar-refractivity contribution in [3.05, 3.63) is 12.2 Å². The van der Waals surface area contributed by atoms with E-state index in [0.29, 0.717) is 0 Å². The van der Waals surface area contributed by atoms with Gasteiger partial charge in [-0.05, 0) is 45.3 Å². The molecule has 0 aromatic rings. The molecule has 70 valence electrons. The fourth-order valence-corrected chi connectivity index (χ4v) is 1.82. The van der Waals surface area contributed by atoms with Crippen molar-refractivity contribution in [3.63, 3.8) is 0 Å². The van der Waals surface area contributed by atoms with Crippen LogP contribution in [0.4, 0.5) is 0 Å². The van der Waals surface area contributed by atoms with Gasteiger partial charge < -0.3 is 10.6 Å². The van der Waals surface area contributed by atoms with Gasteiger partial charge in [0.15, 0.2) is 0 Å². The standard InChI is InChI=1S/C10H20N2/c1-9(8-11-2)7-10-3-5-12-6-4-10/h10-12H,1,3-8H2,2H3. The average molecular weight is 168 g/mol. The third-order valence-electron chi connectivity index (χ3n) is 2.46. The van der Waals surface area contributed by atoms with Crippen LogP contribution >= 0.6 is 0 Å². The largest absolute Gasteiger partial charge is 0.317 e. The summed E-state index contributed by atoms with van der Waals surface area (Å²) in [6.07, 6.45) is 3.86. The van der Waals surface area contributed by atoms with Crippen molar-refractivity contribution in [1.82, 2.24) is 10.6 Å². The van der Waals surface area contributed by atoms with Crippen LogP contribution in [0.15, 0.2) is 12.2 Å². The Morgan fingerprint density at radius 3 is 2.75 bits per heavy atom. The molecule has 0 aromatic heterocycles. The SMILES string of the molecule is C=C(CNC)CC1CCNCC1. The number of hydrogen-bond acceptors (Lipinski definition) is 2. The van der Waals surface area contributed by atoms with Gasteiger partial charge in [-0.2, -0.15) is 0 Å². The Morgan fingerprint density at radius 2 is 2.17 bits per heavy atom. The minimum absolute atomic E-state index is 0.882. The van der Waals surface area contributed by atoms with Crippen molar-refractivity contribution in [3.8, 4) is 0 Å². The van der Waals surface area contributed by atoms with E-state index in [9.17, 15) is 0 Å². The lowest BCUT2D eigenvalue weighted by Crippen LogP contribution is -2.28. The van der Waals surface area contributed by atoms with Crippen LogP contribution in [0.1, 0.15) is 19.3 Å². The van der Waals surface area contributed by atoms with Gasteiger partial charge in [0.05, 0.1) is 0 Å². The van der Waals surface area contributed by atoms with Gasteiger partial charge in [-0.3, -0.25) is 0 Å². The molecule has 0 aromatic carbocycles. The van der Waals surface area contributed by atoms with Gasteiger partial charge in [0, 0.05) is 6.54 Å². The highest BCUT2D eigenvalue weighted by Gasteiger charge is 2.13. The maximum absolute atomic E-state index is 4.06. The highest BCUT2D eigenvalue weighted by atomic mass is 14.9. The Balaban J connectivity index is 2.15. The van der Waals surface area contributed by atoms with Crippen molar-refractivity contribution >= 4 is 0 Å². The van der Waals surface area contributed by atoms with Gasteiger partial charge in [0.1, 0.15) is 0 Å². The van der Waals surface area contributed by atoms with Gasteiger partial charge in [-0.1, -0.05) is 12.2 Å². The number of nitrogens with one attached hydrogen (secondary N) is 2. The molecule has 0 saturated carbocycles. The summed E-state index contributed by atoms with van der Waals surface area (Å²) in [7, 11) is 1.98. The number of likely N-dealkylation sites (N-methyl/N-ethyl adjacent to an activating group) is 1. The zero-order valence-electron chi connectivity index (χ0n) is 8.03. The normalized spacial score (nSPS) is 19.4. The Bertz CT molecular complexity index is 137. The summed E-state index contributed by atoms with van der Waals surface area (Å²) in [5.74, 6) is 0.882. The van der Waals surface area contributed by atoms with Gasteiger partial charge in [-0.15, -0.1) is 0 Å². The summed E-state index contributed by atoms with van der Waals surface area (Å²) >= 11 is 0. The molecule has 2 N–H and O–H groups in total.